The van der Waals surface area contributed by atoms with E-state index in [1.807, 2.05) is 18.0 Å². The van der Waals surface area contributed by atoms with Crippen LogP contribution in [0.1, 0.15) is 16.1 Å². The molecule has 5 nitrogen and oxygen atoms in total. The van der Waals surface area contributed by atoms with E-state index in [1.54, 1.807) is 12.1 Å². The topological polar surface area (TPSA) is 60.2 Å². The predicted octanol–water partition coefficient (Wildman–Crippen LogP) is 0.341. The summed E-state index contributed by atoms with van der Waals surface area (Å²) in [5.41, 5.74) is 0.883. The number of carbonyl (C=O) groups excluding carboxylic acids is 1. The first-order chi connectivity index (χ1) is 8.20. The van der Waals surface area contributed by atoms with Gasteiger partial charge in [0.25, 0.3) is 5.91 Å². The molecule has 0 bridgehead atoms. The van der Waals surface area contributed by atoms with Crippen LogP contribution >= 0.6 is 0 Å². The van der Waals surface area contributed by atoms with Gasteiger partial charge in [-0.05, 0) is 19.2 Å². The Morgan fingerprint density at radius 3 is 2.59 bits per heavy atom. The lowest BCUT2D eigenvalue weighted by Gasteiger charge is -2.32. The third-order valence-electron chi connectivity index (χ3n) is 2.92. The highest BCUT2D eigenvalue weighted by molar-refractivity contribution is 5.94. The molecule has 0 saturated carbocycles. The van der Waals surface area contributed by atoms with E-state index in [2.05, 4.69) is 9.88 Å². The van der Waals surface area contributed by atoms with E-state index in [0.29, 0.717) is 11.3 Å². The second-order valence-corrected chi connectivity index (χ2v) is 4.14. The molecule has 1 aromatic rings. The van der Waals surface area contributed by atoms with Crippen molar-refractivity contribution in [1.29, 1.82) is 5.26 Å². The number of hydrogen-bond donors (Lipinski definition) is 0. The van der Waals surface area contributed by atoms with Gasteiger partial charge in [-0.3, -0.25) is 4.79 Å². The summed E-state index contributed by atoms with van der Waals surface area (Å²) in [6.45, 7) is 3.29. The number of nitrogens with zero attached hydrogens (tertiary/aromatic N) is 4. The van der Waals surface area contributed by atoms with Crippen LogP contribution in [-0.4, -0.2) is 53.9 Å². The van der Waals surface area contributed by atoms with Gasteiger partial charge in [0.15, 0.2) is 0 Å². The Kier molecular flexibility index (Phi) is 3.35. The lowest BCUT2D eigenvalue weighted by molar-refractivity contribution is 0.0663. The Morgan fingerprint density at radius 2 is 2.06 bits per heavy atom. The molecule has 1 saturated heterocycles. The average molecular weight is 230 g/mol. The van der Waals surface area contributed by atoms with Crippen molar-refractivity contribution < 1.29 is 4.79 Å². The predicted molar refractivity (Wildman–Crippen MR) is 62.4 cm³/mol. The molecule has 1 amide bonds. The number of carbonyl (C=O) groups is 1. The molecule has 1 aliphatic heterocycles. The SMILES string of the molecule is CN1CCN(C(=O)c2ccc(C#N)nc2)CC1. The summed E-state index contributed by atoms with van der Waals surface area (Å²) in [5.74, 6) is -0.00455. The van der Waals surface area contributed by atoms with Crippen LogP contribution in [0.15, 0.2) is 18.3 Å². The van der Waals surface area contributed by atoms with Crippen LogP contribution in [0.25, 0.3) is 0 Å². The van der Waals surface area contributed by atoms with Crippen molar-refractivity contribution in [2.45, 2.75) is 0 Å². The summed E-state index contributed by atoms with van der Waals surface area (Å²) >= 11 is 0. The first-order valence-corrected chi connectivity index (χ1v) is 5.54. The first kappa shape index (κ1) is 11.6. The fraction of sp³-hybridized carbons (Fsp3) is 0.417. The molecule has 1 aromatic heterocycles. The molecule has 0 unspecified atom stereocenters. The minimum absolute atomic E-state index is 0.00455. The number of amides is 1. The van der Waals surface area contributed by atoms with Gasteiger partial charge in [0.2, 0.25) is 0 Å². The van der Waals surface area contributed by atoms with Crippen LogP contribution in [0.4, 0.5) is 0 Å². The maximum absolute atomic E-state index is 12.1. The maximum Gasteiger partial charge on any atom is 0.255 e. The van der Waals surface area contributed by atoms with Gasteiger partial charge in [-0.25, -0.2) is 4.98 Å². The van der Waals surface area contributed by atoms with E-state index in [0.717, 1.165) is 26.2 Å². The maximum atomic E-state index is 12.1. The van der Waals surface area contributed by atoms with Gasteiger partial charge in [0, 0.05) is 32.4 Å². The molecular formula is C12H14N4O. The molecule has 0 N–H and O–H groups in total. The van der Waals surface area contributed by atoms with E-state index in [4.69, 9.17) is 5.26 Å². The number of nitriles is 1. The third-order valence-corrected chi connectivity index (χ3v) is 2.92. The molecule has 0 radical (unpaired) electrons. The fourth-order valence-corrected chi connectivity index (χ4v) is 1.78. The number of piperazine rings is 1. The number of pyridine rings is 1. The van der Waals surface area contributed by atoms with Crippen molar-refractivity contribution in [3.8, 4) is 6.07 Å². The van der Waals surface area contributed by atoms with E-state index >= 15 is 0 Å². The molecule has 1 aliphatic rings. The molecule has 1 fully saturated rings. The summed E-state index contributed by atoms with van der Waals surface area (Å²) in [7, 11) is 2.05. The highest BCUT2D eigenvalue weighted by Gasteiger charge is 2.20. The van der Waals surface area contributed by atoms with Crippen LogP contribution in [0.2, 0.25) is 0 Å². The zero-order chi connectivity index (χ0) is 12.3. The summed E-state index contributed by atoms with van der Waals surface area (Å²) < 4.78 is 0. The van der Waals surface area contributed by atoms with Gasteiger partial charge < -0.3 is 9.80 Å². The van der Waals surface area contributed by atoms with Gasteiger partial charge in [0.1, 0.15) is 11.8 Å². The molecular weight excluding hydrogens is 216 g/mol. The van der Waals surface area contributed by atoms with Gasteiger partial charge >= 0.3 is 0 Å². The van der Waals surface area contributed by atoms with Crippen LogP contribution in [0.3, 0.4) is 0 Å². The van der Waals surface area contributed by atoms with Gasteiger partial charge in [-0.15, -0.1) is 0 Å². The molecule has 0 aliphatic carbocycles. The largest absolute Gasteiger partial charge is 0.336 e. The highest BCUT2D eigenvalue weighted by Crippen LogP contribution is 2.07. The molecule has 2 rings (SSSR count). The summed E-state index contributed by atoms with van der Waals surface area (Å²) in [4.78, 5) is 20.0. The average Bonchev–Trinajstić information content (AvgIpc) is 2.39. The second kappa shape index (κ2) is 4.93. The Bertz CT molecular complexity index is 441. The number of likely N-dealkylation sites (N-methyl/N-ethyl adjacent to an activating group) is 1. The lowest BCUT2D eigenvalue weighted by atomic mass is 10.2. The zero-order valence-electron chi connectivity index (χ0n) is 9.76. The zero-order valence-corrected chi connectivity index (χ0v) is 9.76. The third kappa shape index (κ3) is 2.60. The Labute approximate surface area is 100 Å². The van der Waals surface area contributed by atoms with Gasteiger partial charge in [-0.1, -0.05) is 0 Å². The van der Waals surface area contributed by atoms with Crippen molar-refractivity contribution in [2.75, 3.05) is 33.2 Å². The van der Waals surface area contributed by atoms with E-state index in [1.165, 1.54) is 6.20 Å². The van der Waals surface area contributed by atoms with Crippen molar-refractivity contribution in [3.63, 3.8) is 0 Å². The minimum atomic E-state index is -0.00455. The molecule has 5 heteroatoms. The molecule has 0 aromatic carbocycles. The fourth-order valence-electron chi connectivity index (χ4n) is 1.78. The Hall–Kier alpha value is -1.93. The number of hydrogen-bond acceptors (Lipinski definition) is 4. The summed E-state index contributed by atoms with van der Waals surface area (Å²) in [6, 6.07) is 5.17. The van der Waals surface area contributed by atoms with Crippen molar-refractivity contribution in [2.24, 2.45) is 0 Å². The first-order valence-electron chi connectivity index (χ1n) is 5.54. The molecule has 88 valence electrons. The Balaban J connectivity index is 2.06. The van der Waals surface area contributed by atoms with Crippen LogP contribution in [0.5, 0.6) is 0 Å². The van der Waals surface area contributed by atoms with Gasteiger partial charge in [-0.2, -0.15) is 5.26 Å². The normalized spacial score (nSPS) is 16.6. The molecule has 0 spiro atoms. The van der Waals surface area contributed by atoms with E-state index in [-0.39, 0.29) is 5.91 Å². The summed E-state index contributed by atoms with van der Waals surface area (Å²) in [6.07, 6.45) is 1.47. The monoisotopic (exact) mass is 230 g/mol. The molecule has 0 atom stereocenters. The second-order valence-electron chi connectivity index (χ2n) is 4.14. The quantitative estimate of drug-likeness (QED) is 0.698. The van der Waals surface area contributed by atoms with Crippen LogP contribution < -0.4 is 0 Å². The van der Waals surface area contributed by atoms with Crippen molar-refractivity contribution in [1.82, 2.24) is 14.8 Å². The minimum Gasteiger partial charge on any atom is -0.336 e. The van der Waals surface area contributed by atoms with Crippen molar-refractivity contribution >= 4 is 5.91 Å². The molecule has 2 heterocycles. The molecule has 17 heavy (non-hydrogen) atoms. The Morgan fingerprint density at radius 1 is 1.35 bits per heavy atom. The number of rotatable bonds is 1. The van der Waals surface area contributed by atoms with E-state index < -0.39 is 0 Å². The standard InChI is InChI=1S/C12H14N4O/c1-15-4-6-16(7-5-15)12(17)10-2-3-11(8-13)14-9-10/h2-3,9H,4-7H2,1H3. The smallest absolute Gasteiger partial charge is 0.255 e. The number of aromatic nitrogens is 1. The van der Waals surface area contributed by atoms with E-state index in [9.17, 15) is 4.79 Å². The van der Waals surface area contributed by atoms with Crippen molar-refractivity contribution in [3.05, 3.63) is 29.6 Å². The van der Waals surface area contributed by atoms with Crippen LogP contribution in [0, 0.1) is 11.3 Å². The van der Waals surface area contributed by atoms with Gasteiger partial charge in [0.05, 0.1) is 5.56 Å². The van der Waals surface area contributed by atoms with Crippen LogP contribution in [-0.2, 0) is 0 Å². The summed E-state index contributed by atoms with van der Waals surface area (Å²) in [5, 5.41) is 8.63. The lowest BCUT2D eigenvalue weighted by Crippen LogP contribution is -2.47. The highest BCUT2D eigenvalue weighted by atomic mass is 16.2.